The van der Waals surface area contributed by atoms with E-state index >= 15 is 0 Å². The van der Waals surface area contributed by atoms with E-state index in [4.69, 9.17) is 9.84 Å². The molecule has 25 heavy (non-hydrogen) atoms. The summed E-state index contributed by atoms with van der Waals surface area (Å²) < 4.78 is 5.38. The Bertz CT molecular complexity index is 769. The van der Waals surface area contributed by atoms with Crippen LogP contribution in [-0.4, -0.2) is 46.2 Å². The van der Waals surface area contributed by atoms with Gasteiger partial charge in [0.15, 0.2) is 11.5 Å². The fourth-order valence-electron chi connectivity index (χ4n) is 2.37. The molecule has 1 fully saturated rings. The first kappa shape index (κ1) is 18.1. The molecule has 8 nitrogen and oxygen atoms in total. The number of nitrogens with one attached hydrogen (secondary N) is 1. The quantitative estimate of drug-likeness (QED) is 0.391. The number of aliphatic carboxylic acids is 1. The van der Waals surface area contributed by atoms with Gasteiger partial charge in [0, 0.05) is 5.56 Å². The van der Waals surface area contributed by atoms with Gasteiger partial charge in [-0.3, -0.25) is 9.59 Å². The fourth-order valence-corrected chi connectivity index (χ4v) is 2.37. The lowest BCUT2D eigenvalue weighted by Crippen LogP contribution is -2.35. The molecule has 1 saturated heterocycles. The molecule has 8 heteroatoms. The number of carboxylic acids is 1. The number of imide groups is 1. The molecule has 0 aliphatic carbocycles. The van der Waals surface area contributed by atoms with Crippen molar-refractivity contribution in [2.45, 2.75) is 13.3 Å². The van der Waals surface area contributed by atoms with E-state index in [9.17, 15) is 19.5 Å². The predicted octanol–water partition coefficient (Wildman–Crippen LogP) is 1.50. The summed E-state index contributed by atoms with van der Waals surface area (Å²) in [7, 11) is 0. The van der Waals surface area contributed by atoms with Gasteiger partial charge in [0.1, 0.15) is 12.2 Å². The van der Waals surface area contributed by atoms with E-state index in [2.05, 4.69) is 11.9 Å². The monoisotopic (exact) mass is 346 g/mol. The maximum Gasteiger partial charge on any atom is 0.329 e. The second-order valence-electron chi connectivity index (χ2n) is 5.23. The molecule has 0 radical (unpaired) electrons. The van der Waals surface area contributed by atoms with E-state index in [1.807, 2.05) is 0 Å². The van der Waals surface area contributed by atoms with Gasteiger partial charge < -0.3 is 20.3 Å². The Balaban J connectivity index is 2.39. The first-order valence-corrected chi connectivity index (χ1v) is 7.53. The van der Waals surface area contributed by atoms with E-state index in [0.29, 0.717) is 29.1 Å². The minimum Gasteiger partial charge on any atom is -0.504 e. The molecular weight excluding hydrogens is 328 g/mol. The minimum atomic E-state index is -1.29. The standard InChI is InChI=1S/C17H18N2O6/c1-3-5-11-6-10(8-13(15(11)22)25-4-2)7-12-16(23)19(9-14(20)21)17(24)18-12/h3,6-8,22H,1,4-5,9H2,2H3,(H,18,24)(H,20,21). The van der Waals surface area contributed by atoms with Crippen molar-refractivity contribution in [2.24, 2.45) is 0 Å². The molecule has 2 rings (SSSR count). The number of phenolic OH excluding ortho intramolecular Hbond substituents is 1. The zero-order valence-electron chi connectivity index (χ0n) is 13.6. The van der Waals surface area contributed by atoms with Crippen LogP contribution in [0.3, 0.4) is 0 Å². The summed E-state index contributed by atoms with van der Waals surface area (Å²) >= 11 is 0. The Kier molecular flexibility index (Phi) is 5.43. The van der Waals surface area contributed by atoms with E-state index in [-0.39, 0.29) is 17.2 Å². The second-order valence-corrected chi connectivity index (χ2v) is 5.23. The number of carboxylic acid groups (broad SMARTS) is 1. The number of ether oxygens (including phenoxy) is 1. The number of hydrogen-bond donors (Lipinski definition) is 3. The van der Waals surface area contributed by atoms with Crippen molar-refractivity contribution in [1.29, 1.82) is 0 Å². The number of carbonyl (C=O) groups excluding carboxylic acids is 2. The lowest BCUT2D eigenvalue weighted by molar-refractivity contribution is -0.140. The van der Waals surface area contributed by atoms with Gasteiger partial charge in [-0.05, 0) is 37.1 Å². The molecule has 0 unspecified atom stereocenters. The number of rotatable bonds is 7. The van der Waals surface area contributed by atoms with Gasteiger partial charge in [-0.25, -0.2) is 9.69 Å². The third-order valence-electron chi connectivity index (χ3n) is 3.41. The molecule has 132 valence electrons. The van der Waals surface area contributed by atoms with E-state index in [0.717, 1.165) is 0 Å². The number of urea groups is 1. The molecule has 0 bridgehead atoms. The molecule has 3 amide bonds. The van der Waals surface area contributed by atoms with E-state index in [1.165, 1.54) is 12.1 Å². The zero-order valence-corrected chi connectivity index (χ0v) is 13.6. The van der Waals surface area contributed by atoms with Gasteiger partial charge in [-0.1, -0.05) is 6.08 Å². The Morgan fingerprint density at radius 3 is 2.72 bits per heavy atom. The number of benzene rings is 1. The Labute approximate surface area is 144 Å². The molecule has 0 aromatic heterocycles. The predicted molar refractivity (Wildman–Crippen MR) is 89.0 cm³/mol. The Morgan fingerprint density at radius 1 is 1.40 bits per heavy atom. The van der Waals surface area contributed by atoms with Crippen LogP contribution < -0.4 is 10.1 Å². The highest BCUT2D eigenvalue weighted by Crippen LogP contribution is 2.33. The summed E-state index contributed by atoms with van der Waals surface area (Å²) in [6.07, 6.45) is 3.39. The second kappa shape index (κ2) is 7.52. The molecule has 1 aliphatic heterocycles. The third-order valence-corrected chi connectivity index (χ3v) is 3.41. The van der Waals surface area contributed by atoms with E-state index in [1.54, 1.807) is 19.1 Å². The molecule has 0 spiro atoms. The maximum absolute atomic E-state index is 12.2. The highest BCUT2D eigenvalue weighted by molar-refractivity contribution is 6.15. The van der Waals surface area contributed by atoms with Gasteiger partial charge in [0.05, 0.1) is 6.61 Å². The lowest BCUT2D eigenvalue weighted by Gasteiger charge is -2.11. The first-order chi connectivity index (χ1) is 11.9. The summed E-state index contributed by atoms with van der Waals surface area (Å²) in [5.41, 5.74) is 1.01. The van der Waals surface area contributed by atoms with Gasteiger partial charge in [0.2, 0.25) is 0 Å². The Hall–Kier alpha value is -3.29. The molecule has 0 atom stereocenters. The largest absolute Gasteiger partial charge is 0.504 e. The fraction of sp³-hybridized carbons (Fsp3) is 0.235. The van der Waals surface area contributed by atoms with Crippen LogP contribution in [0.1, 0.15) is 18.1 Å². The first-order valence-electron chi connectivity index (χ1n) is 7.53. The molecular formula is C17H18N2O6. The van der Waals surface area contributed by atoms with Crippen molar-refractivity contribution in [3.8, 4) is 11.5 Å². The van der Waals surface area contributed by atoms with Crippen LogP contribution in [0.2, 0.25) is 0 Å². The lowest BCUT2D eigenvalue weighted by atomic mass is 10.0. The van der Waals surface area contributed by atoms with Crippen molar-refractivity contribution in [3.63, 3.8) is 0 Å². The van der Waals surface area contributed by atoms with Gasteiger partial charge in [0.25, 0.3) is 5.91 Å². The topological polar surface area (TPSA) is 116 Å². The highest BCUT2D eigenvalue weighted by Gasteiger charge is 2.34. The van der Waals surface area contributed by atoms with Gasteiger partial charge in [-0.2, -0.15) is 0 Å². The molecule has 1 aromatic rings. The van der Waals surface area contributed by atoms with Gasteiger partial charge >= 0.3 is 12.0 Å². The molecule has 1 aromatic carbocycles. The number of nitrogens with zero attached hydrogens (tertiary/aromatic N) is 1. The number of allylic oxidation sites excluding steroid dienone is 1. The van der Waals surface area contributed by atoms with Crippen LogP contribution >= 0.6 is 0 Å². The van der Waals surface area contributed by atoms with Gasteiger partial charge in [-0.15, -0.1) is 6.58 Å². The Morgan fingerprint density at radius 2 is 2.12 bits per heavy atom. The molecule has 0 saturated carbocycles. The maximum atomic E-state index is 12.2. The number of hydrogen-bond acceptors (Lipinski definition) is 5. The van der Waals surface area contributed by atoms with Crippen LogP contribution in [0.5, 0.6) is 11.5 Å². The summed E-state index contributed by atoms with van der Waals surface area (Å²) in [5.74, 6) is -1.80. The number of aromatic hydroxyl groups is 1. The third kappa shape index (κ3) is 3.97. The van der Waals surface area contributed by atoms with E-state index < -0.39 is 24.5 Å². The number of amides is 3. The van der Waals surface area contributed by atoms with Crippen molar-refractivity contribution in [1.82, 2.24) is 10.2 Å². The molecule has 3 N–H and O–H groups in total. The van der Waals surface area contributed by atoms with Crippen molar-refractivity contribution in [2.75, 3.05) is 13.2 Å². The SMILES string of the molecule is C=CCc1cc(C=C2NC(=O)N(CC(=O)O)C2=O)cc(OCC)c1O. The summed E-state index contributed by atoms with van der Waals surface area (Å²) in [6.45, 7) is 5.01. The summed E-state index contributed by atoms with van der Waals surface area (Å²) in [5, 5.41) is 21.3. The van der Waals surface area contributed by atoms with Crippen LogP contribution in [0.25, 0.3) is 6.08 Å². The minimum absolute atomic E-state index is 0.0156. The summed E-state index contributed by atoms with van der Waals surface area (Å²) in [6, 6.07) is 2.36. The van der Waals surface area contributed by atoms with Crippen LogP contribution in [-0.2, 0) is 16.0 Å². The van der Waals surface area contributed by atoms with Crippen LogP contribution in [0.15, 0.2) is 30.5 Å². The average Bonchev–Trinajstić information content (AvgIpc) is 2.79. The van der Waals surface area contributed by atoms with Crippen LogP contribution in [0.4, 0.5) is 4.79 Å². The smallest absolute Gasteiger partial charge is 0.329 e. The normalized spacial score (nSPS) is 15.4. The molecule has 1 aliphatic rings. The number of carbonyl (C=O) groups is 3. The summed E-state index contributed by atoms with van der Waals surface area (Å²) in [4.78, 5) is 35.2. The zero-order chi connectivity index (χ0) is 18.6. The molecule has 1 heterocycles. The average molecular weight is 346 g/mol. The number of phenols is 1. The van der Waals surface area contributed by atoms with Crippen molar-refractivity contribution < 1.29 is 29.3 Å². The van der Waals surface area contributed by atoms with Crippen LogP contribution in [0, 0.1) is 0 Å². The highest BCUT2D eigenvalue weighted by atomic mass is 16.5. The van der Waals surface area contributed by atoms with Crippen molar-refractivity contribution in [3.05, 3.63) is 41.6 Å². The van der Waals surface area contributed by atoms with Crippen molar-refractivity contribution >= 4 is 24.0 Å².